The number of nitrogens with zero attached hydrogens (tertiary/aromatic N) is 2. The number of nitrogen functional groups attached to an aromatic ring is 1. The lowest BCUT2D eigenvalue weighted by Gasteiger charge is -2.35. The molecule has 25 heavy (non-hydrogen) atoms. The fourth-order valence-electron chi connectivity index (χ4n) is 3.60. The van der Waals surface area contributed by atoms with Gasteiger partial charge in [0.2, 0.25) is 0 Å². The van der Waals surface area contributed by atoms with E-state index in [-0.39, 0.29) is 16.8 Å². The molecule has 1 aliphatic rings. The first-order valence-corrected chi connectivity index (χ1v) is 8.39. The third-order valence-electron chi connectivity index (χ3n) is 5.14. The van der Waals surface area contributed by atoms with Crippen LogP contribution < -0.4 is 5.73 Å². The molecule has 0 amide bonds. The third-order valence-corrected chi connectivity index (χ3v) is 5.14. The Bertz CT molecular complexity index is 876. The van der Waals surface area contributed by atoms with E-state index in [0.29, 0.717) is 17.0 Å². The number of halogens is 2. The number of aromatic nitrogens is 1. The van der Waals surface area contributed by atoms with E-state index in [1.807, 2.05) is 0 Å². The largest absolute Gasteiger partial charge is 0.383 e. The summed E-state index contributed by atoms with van der Waals surface area (Å²) < 4.78 is 27.2. The molecule has 0 radical (unpaired) electrons. The minimum absolute atomic E-state index is 0.108. The van der Waals surface area contributed by atoms with Gasteiger partial charge in [0.25, 0.3) is 0 Å². The quantitative estimate of drug-likeness (QED) is 0.822. The maximum absolute atomic E-state index is 13.8. The molecule has 2 N–H and O–H groups in total. The van der Waals surface area contributed by atoms with Gasteiger partial charge in [-0.05, 0) is 53.9 Å². The van der Waals surface area contributed by atoms with E-state index in [0.717, 1.165) is 42.7 Å². The van der Waals surface area contributed by atoms with Crippen molar-refractivity contribution in [2.75, 3.05) is 5.73 Å². The second-order valence-electron chi connectivity index (χ2n) is 7.72. The molecule has 0 spiro atoms. The predicted octanol–water partition coefficient (Wildman–Crippen LogP) is 4.63. The molecule has 1 aromatic carbocycles. The molecule has 1 atom stereocenters. The number of fused-ring (bicyclic) bond motifs is 1. The van der Waals surface area contributed by atoms with Crippen LogP contribution in [0.15, 0.2) is 18.2 Å². The summed E-state index contributed by atoms with van der Waals surface area (Å²) in [5.74, 6) is -1.28. The van der Waals surface area contributed by atoms with Crippen molar-refractivity contribution < 1.29 is 8.78 Å². The van der Waals surface area contributed by atoms with Crippen LogP contribution in [-0.2, 0) is 12.8 Å². The van der Waals surface area contributed by atoms with Crippen molar-refractivity contribution in [1.29, 1.82) is 5.26 Å². The second-order valence-corrected chi connectivity index (χ2v) is 7.72. The molecule has 3 nitrogen and oxygen atoms in total. The molecule has 2 aromatic rings. The molecule has 0 saturated heterocycles. The average Bonchev–Trinajstić information content (AvgIpc) is 2.55. The molecule has 130 valence electrons. The third kappa shape index (κ3) is 3.09. The van der Waals surface area contributed by atoms with Crippen molar-refractivity contribution in [2.45, 2.75) is 40.0 Å². The molecule has 1 unspecified atom stereocenters. The number of pyridine rings is 1. The minimum Gasteiger partial charge on any atom is -0.383 e. The number of hydrogen-bond donors (Lipinski definition) is 1. The highest BCUT2D eigenvalue weighted by Crippen LogP contribution is 2.42. The summed E-state index contributed by atoms with van der Waals surface area (Å²) in [6.45, 7) is 6.57. The summed E-state index contributed by atoms with van der Waals surface area (Å²) in [7, 11) is 0. The summed E-state index contributed by atoms with van der Waals surface area (Å²) in [6.07, 6.45) is 2.50. The first kappa shape index (κ1) is 17.3. The van der Waals surface area contributed by atoms with Crippen LogP contribution in [0.3, 0.4) is 0 Å². The lowest BCUT2D eigenvalue weighted by atomic mass is 9.70. The number of nitrogens with two attached hydrogens (primary N) is 1. The van der Waals surface area contributed by atoms with Gasteiger partial charge < -0.3 is 5.73 Å². The Hall–Kier alpha value is -2.48. The van der Waals surface area contributed by atoms with Gasteiger partial charge in [0.15, 0.2) is 11.6 Å². The van der Waals surface area contributed by atoms with Crippen LogP contribution >= 0.6 is 0 Å². The summed E-state index contributed by atoms with van der Waals surface area (Å²) in [5, 5.41) is 9.57. The van der Waals surface area contributed by atoms with Gasteiger partial charge in [-0.1, -0.05) is 26.8 Å². The lowest BCUT2D eigenvalue weighted by Crippen LogP contribution is -2.28. The Morgan fingerprint density at radius 2 is 1.96 bits per heavy atom. The molecule has 1 aromatic heterocycles. The SMILES string of the molecule is CC(C)(C)C1CCc2nc(N)c(C#N)c(-c3ccc(F)c(F)c3)c2C1. The Kier molecular flexibility index (Phi) is 4.24. The summed E-state index contributed by atoms with van der Waals surface area (Å²) >= 11 is 0. The van der Waals surface area contributed by atoms with E-state index in [4.69, 9.17) is 5.73 Å². The lowest BCUT2D eigenvalue weighted by molar-refractivity contribution is 0.215. The standard InChI is InChI=1S/C20H21F2N3/c1-20(2,3)12-5-7-17-13(9-12)18(14(10-23)19(24)25-17)11-4-6-15(21)16(22)8-11/h4,6,8,12H,5,7,9H2,1-3H3,(H2,24,25). The van der Waals surface area contributed by atoms with Crippen LogP contribution in [0.2, 0.25) is 0 Å². The molecule has 0 saturated carbocycles. The Labute approximate surface area is 146 Å². The number of hydrogen-bond acceptors (Lipinski definition) is 3. The first-order valence-electron chi connectivity index (χ1n) is 8.39. The van der Waals surface area contributed by atoms with Crippen molar-refractivity contribution in [1.82, 2.24) is 4.98 Å². The number of rotatable bonds is 1. The van der Waals surface area contributed by atoms with Gasteiger partial charge in [-0.25, -0.2) is 13.8 Å². The Morgan fingerprint density at radius 3 is 2.56 bits per heavy atom. The molecule has 0 aliphatic heterocycles. The average molecular weight is 341 g/mol. The number of benzene rings is 1. The molecule has 0 fully saturated rings. The summed E-state index contributed by atoms with van der Waals surface area (Å²) in [4.78, 5) is 4.41. The number of anilines is 1. The molecular formula is C20H21F2N3. The fraction of sp³-hybridized carbons (Fsp3) is 0.400. The van der Waals surface area contributed by atoms with Gasteiger partial charge in [-0.2, -0.15) is 5.26 Å². The van der Waals surface area contributed by atoms with E-state index in [1.54, 1.807) is 0 Å². The first-order chi connectivity index (χ1) is 11.7. The van der Waals surface area contributed by atoms with Gasteiger partial charge in [0, 0.05) is 11.3 Å². The van der Waals surface area contributed by atoms with Crippen molar-refractivity contribution in [3.8, 4) is 17.2 Å². The van der Waals surface area contributed by atoms with Crippen LogP contribution in [0.5, 0.6) is 0 Å². The molecular weight excluding hydrogens is 320 g/mol. The highest BCUT2D eigenvalue weighted by molar-refractivity contribution is 5.79. The van der Waals surface area contributed by atoms with Crippen LogP contribution in [0.4, 0.5) is 14.6 Å². The second kappa shape index (κ2) is 6.11. The number of nitriles is 1. The Balaban J connectivity index is 2.25. The summed E-state index contributed by atoms with van der Waals surface area (Å²) in [5.41, 5.74) is 9.18. The van der Waals surface area contributed by atoms with Crippen LogP contribution in [-0.4, -0.2) is 4.98 Å². The van der Waals surface area contributed by atoms with Gasteiger partial charge in [-0.15, -0.1) is 0 Å². The molecule has 1 aliphatic carbocycles. The molecule has 5 heteroatoms. The predicted molar refractivity (Wildman–Crippen MR) is 93.7 cm³/mol. The zero-order chi connectivity index (χ0) is 18.4. The van der Waals surface area contributed by atoms with Gasteiger partial charge in [0.05, 0.1) is 0 Å². The zero-order valence-electron chi connectivity index (χ0n) is 14.7. The van der Waals surface area contributed by atoms with Gasteiger partial charge in [-0.3, -0.25) is 0 Å². The van der Waals surface area contributed by atoms with Gasteiger partial charge in [0.1, 0.15) is 17.5 Å². The fourth-order valence-corrected chi connectivity index (χ4v) is 3.60. The van der Waals surface area contributed by atoms with Crippen molar-refractivity contribution in [2.24, 2.45) is 11.3 Å². The molecule has 1 heterocycles. The normalized spacial score (nSPS) is 17.0. The van der Waals surface area contributed by atoms with Crippen molar-refractivity contribution in [3.05, 3.63) is 46.7 Å². The highest BCUT2D eigenvalue weighted by Gasteiger charge is 2.32. The Morgan fingerprint density at radius 1 is 1.24 bits per heavy atom. The topological polar surface area (TPSA) is 62.7 Å². The monoisotopic (exact) mass is 341 g/mol. The van der Waals surface area contributed by atoms with Crippen LogP contribution in [0.25, 0.3) is 11.1 Å². The zero-order valence-corrected chi connectivity index (χ0v) is 14.7. The smallest absolute Gasteiger partial charge is 0.159 e. The maximum atomic E-state index is 13.8. The number of aryl methyl sites for hydroxylation is 1. The van der Waals surface area contributed by atoms with E-state index in [9.17, 15) is 14.0 Å². The maximum Gasteiger partial charge on any atom is 0.159 e. The highest BCUT2D eigenvalue weighted by atomic mass is 19.2. The van der Waals surface area contributed by atoms with Crippen molar-refractivity contribution in [3.63, 3.8) is 0 Å². The van der Waals surface area contributed by atoms with Crippen molar-refractivity contribution >= 4 is 5.82 Å². The van der Waals surface area contributed by atoms with E-state index in [2.05, 4.69) is 31.8 Å². The van der Waals surface area contributed by atoms with Gasteiger partial charge >= 0.3 is 0 Å². The molecule has 3 rings (SSSR count). The van der Waals surface area contributed by atoms with E-state index < -0.39 is 11.6 Å². The van der Waals surface area contributed by atoms with E-state index >= 15 is 0 Å². The summed E-state index contributed by atoms with van der Waals surface area (Å²) in [6, 6.07) is 5.80. The van der Waals surface area contributed by atoms with Crippen LogP contribution in [0.1, 0.15) is 44.0 Å². The van der Waals surface area contributed by atoms with Crippen LogP contribution in [0, 0.1) is 34.3 Å². The minimum atomic E-state index is -0.936. The molecule has 0 bridgehead atoms. The van der Waals surface area contributed by atoms with E-state index in [1.165, 1.54) is 6.07 Å².